The van der Waals surface area contributed by atoms with Crippen LogP contribution in [-0.2, 0) is 19.1 Å². The Morgan fingerprint density at radius 3 is 2.77 bits per heavy atom. The second-order valence-electron chi connectivity index (χ2n) is 8.76. The van der Waals surface area contributed by atoms with Gasteiger partial charge in [0.15, 0.2) is 0 Å². The number of cyclic esters (lactones) is 1. The molecule has 30 heavy (non-hydrogen) atoms. The van der Waals surface area contributed by atoms with E-state index in [4.69, 9.17) is 13.9 Å². The largest absolute Gasteiger partial charge is 0.472 e. The maximum atomic E-state index is 13.4. The molecule has 1 saturated carbocycles. The second-order valence-corrected chi connectivity index (χ2v) is 8.76. The van der Waals surface area contributed by atoms with Crippen LogP contribution in [0, 0.1) is 22.7 Å². The minimum atomic E-state index is -1.30. The average Bonchev–Trinajstić information content (AvgIpc) is 3.37. The minimum Gasteiger partial charge on any atom is -0.472 e. The Labute approximate surface area is 174 Å². The minimum absolute atomic E-state index is 0.226. The van der Waals surface area contributed by atoms with E-state index in [2.05, 4.69) is 0 Å². The topological polar surface area (TPSA) is 126 Å². The van der Waals surface area contributed by atoms with E-state index in [1.807, 2.05) is 6.08 Å². The molecule has 2 aliphatic carbocycles. The summed E-state index contributed by atoms with van der Waals surface area (Å²) >= 11 is 0. The normalized spacial score (nSPS) is 40.6. The molecule has 1 saturated heterocycles. The van der Waals surface area contributed by atoms with Gasteiger partial charge in [-0.1, -0.05) is 13.0 Å². The number of ether oxygens (including phenoxy) is 2. The maximum absolute atomic E-state index is 13.4. The molecule has 4 rings (SSSR count). The molecule has 3 N–H and O–H groups in total. The van der Waals surface area contributed by atoms with Crippen molar-refractivity contribution in [3.8, 4) is 0 Å². The molecule has 3 aliphatic rings. The highest BCUT2D eigenvalue weighted by molar-refractivity contribution is 5.81. The van der Waals surface area contributed by atoms with Crippen LogP contribution in [0.2, 0.25) is 0 Å². The summed E-state index contributed by atoms with van der Waals surface area (Å²) in [4.78, 5) is 25.1. The first-order valence-corrected chi connectivity index (χ1v) is 10.3. The van der Waals surface area contributed by atoms with Crippen molar-refractivity contribution in [1.82, 2.24) is 0 Å². The smallest absolute Gasteiger partial charge is 0.313 e. The van der Waals surface area contributed by atoms with Crippen LogP contribution in [0.4, 0.5) is 0 Å². The molecule has 0 amide bonds. The van der Waals surface area contributed by atoms with Gasteiger partial charge in [0.1, 0.15) is 12.7 Å². The van der Waals surface area contributed by atoms with Crippen molar-refractivity contribution in [1.29, 1.82) is 0 Å². The van der Waals surface area contributed by atoms with Crippen molar-refractivity contribution in [3.63, 3.8) is 0 Å². The van der Waals surface area contributed by atoms with Gasteiger partial charge in [-0.15, -0.1) is 0 Å². The number of fused-ring (bicyclic) bond motifs is 2. The lowest BCUT2D eigenvalue weighted by Gasteiger charge is -2.60. The Balaban J connectivity index is 1.85. The summed E-state index contributed by atoms with van der Waals surface area (Å²) in [6, 6.07) is 1.74. The third-order valence-corrected chi connectivity index (χ3v) is 7.62. The molecule has 1 spiro atoms. The zero-order chi connectivity index (χ0) is 21.7. The zero-order valence-electron chi connectivity index (χ0n) is 17.1. The van der Waals surface area contributed by atoms with Crippen molar-refractivity contribution >= 4 is 11.9 Å². The molecule has 0 aromatic carbocycles. The summed E-state index contributed by atoms with van der Waals surface area (Å²) in [5.41, 5.74) is -1.16. The molecule has 2 heterocycles. The molecule has 0 bridgehead atoms. The quantitative estimate of drug-likeness (QED) is 0.494. The van der Waals surface area contributed by atoms with Crippen molar-refractivity contribution in [2.24, 2.45) is 22.7 Å². The van der Waals surface area contributed by atoms with Crippen LogP contribution in [0.5, 0.6) is 0 Å². The monoisotopic (exact) mass is 420 g/mol. The van der Waals surface area contributed by atoms with Gasteiger partial charge in [-0.3, -0.25) is 9.59 Å². The fraction of sp³-hybridized carbons (Fsp3) is 0.636. The first-order chi connectivity index (χ1) is 14.3. The van der Waals surface area contributed by atoms with E-state index in [9.17, 15) is 24.9 Å². The Bertz CT molecular complexity index is 845. The highest BCUT2D eigenvalue weighted by atomic mass is 16.6. The van der Waals surface area contributed by atoms with E-state index in [0.29, 0.717) is 24.8 Å². The number of allylic oxidation sites excluding steroid dienone is 1. The SMILES string of the molecule is CC(=O)OC[C@]12C(CO)=CCC[C@@H]1[C@@]1(C[C@@H](c3ccoc3)OC1=O)[C@H](C)[C@H](O)[C@H]2O. The third kappa shape index (κ3) is 2.77. The Kier molecular flexibility index (Phi) is 5.28. The van der Waals surface area contributed by atoms with E-state index in [0.717, 1.165) is 5.56 Å². The lowest BCUT2D eigenvalue weighted by atomic mass is 9.44. The third-order valence-electron chi connectivity index (χ3n) is 7.62. The van der Waals surface area contributed by atoms with Gasteiger partial charge in [-0.05, 0) is 30.4 Å². The predicted molar refractivity (Wildman–Crippen MR) is 103 cm³/mol. The number of carbonyl (C=O) groups is 2. The van der Waals surface area contributed by atoms with Crippen molar-refractivity contribution in [2.75, 3.05) is 13.2 Å². The molecule has 8 nitrogen and oxygen atoms in total. The van der Waals surface area contributed by atoms with Gasteiger partial charge in [0.05, 0.1) is 42.2 Å². The standard InChI is InChI=1S/C22H28O8/c1-12-18(25)19(26)22(11-29-13(2)24)15(9-23)4-3-5-17(22)21(12)8-16(30-20(21)27)14-6-7-28-10-14/h4,6-7,10,12,16-19,23,25-26H,3,5,8-9,11H2,1-2H3/t12-,16+,17-,18+,19-,21-,22+/m1/s1. The second kappa shape index (κ2) is 7.51. The van der Waals surface area contributed by atoms with Crippen LogP contribution in [0.25, 0.3) is 0 Å². The van der Waals surface area contributed by atoms with Crippen molar-refractivity contribution in [3.05, 3.63) is 35.8 Å². The van der Waals surface area contributed by atoms with Crippen molar-refractivity contribution < 1.29 is 38.8 Å². The first-order valence-electron chi connectivity index (χ1n) is 10.3. The molecular weight excluding hydrogens is 392 g/mol. The molecule has 8 heteroatoms. The van der Waals surface area contributed by atoms with Crippen molar-refractivity contribution in [2.45, 2.75) is 51.4 Å². The van der Waals surface area contributed by atoms with Gasteiger partial charge >= 0.3 is 11.9 Å². The summed E-state index contributed by atoms with van der Waals surface area (Å²) in [6.07, 6.45) is 3.19. The summed E-state index contributed by atoms with van der Waals surface area (Å²) in [6.45, 7) is 2.42. The molecule has 2 fully saturated rings. The fourth-order valence-electron chi connectivity index (χ4n) is 6.09. The summed E-state index contributed by atoms with van der Waals surface area (Å²) in [5, 5.41) is 32.4. The molecule has 0 radical (unpaired) electrons. The molecule has 7 atom stereocenters. The molecule has 1 aromatic heterocycles. The molecule has 1 aliphatic heterocycles. The fourth-order valence-corrected chi connectivity index (χ4v) is 6.09. The van der Waals surface area contributed by atoms with Gasteiger partial charge < -0.3 is 29.2 Å². The number of furan rings is 1. The average molecular weight is 420 g/mol. The van der Waals surface area contributed by atoms with E-state index in [1.54, 1.807) is 13.0 Å². The van der Waals surface area contributed by atoms with E-state index < -0.39 is 52.9 Å². The number of esters is 2. The summed E-state index contributed by atoms with van der Waals surface area (Å²) < 4.78 is 16.2. The lowest BCUT2D eigenvalue weighted by Crippen LogP contribution is -2.68. The first kappa shape index (κ1) is 21.1. The molecular formula is C22H28O8. The van der Waals surface area contributed by atoms with Gasteiger partial charge in [0.25, 0.3) is 0 Å². The van der Waals surface area contributed by atoms with Crippen LogP contribution >= 0.6 is 0 Å². The Morgan fingerprint density at radius 1 is 1.37 bits per heavy atom. The maximum Gasteiger partial charge on any atom is 0.313 e. The van der Waals surface area contributed by atoms with Crippen LogP contribution in [0.3, 0.4) is 0 Å². The summed E-state index contributed by atoms with van der Waals surface area (Å²) in [7, 11) is 0. The molecule has 0 unspecified atom stereocenters. The Morgan fingerprint density at radius 2 is 2.13 bits per heavy atom. The Hall–Kier alpha value is -2.16. The predicted octanol–water partition coefficient (Wildman–Crippen LogP) is 1.50. The van der Waals surface area contributed by atoms with Gasteiger partial charge in [-0.25, -0.2) is 0 Å². The van der Waals surface area contributed by atoms with E-state index in [1.165, 1.54) is 19.5 Å². The zero-order valence-corrected chi connectivity index (χ0v) is 17.1. The van der Waals surface area contributed by atoms with E-state index >= 15 is 0 Å². The van der Waals surface area contributed by atoms with Gasteiger partial charge in [-0.2, -0.15) is 0 Å². The summed E-state index contributed by atoms with van der Waals surface area (Å²) in [5.74, 6) is -2.05. The highest BCUT2D eigenvalue weighted by Gasteiger charge is 2.71. The molecule has 1 aromatic rings. The van der Waals surface area contributed by atoms with Crippen LogP contribution in [-0.4, -0.2) is 52.7 Å². The number of hydrogen-bond donors (Lipinski definition) is 3. The highest BCUT2D eigenvalue weighted by Crippen LogP contribution is 2.65. The number of rotatable bonds is 4. The van der Waals surface area contributed by atoms with Gasteiger partial charge in [0.2, 0.25) is 0 Å². The number of aliphatic hydroxyl groups is 3. The van der Waals surface area contributed by atoms with Crippen LogP contribution < -0.4 is 0 Å². The van der Waals surface area contributed by atoms with Gasteiger partial charge in [0, 0.05) is 24.8 Å². The van der Waals surface area contributed by atoms with Crippen LogP contribution in [0.1, 0.15) is 44.8 Å². The van der Waals surface area contributed by atoms with E-state index in [-0.39, 0.29) is 13.2 Å². The number of aliphatic hydroxyl groups excluding tert-OH is 3. The number of hydrogen-bond acceptors (Lipinski definition) is 8. The lowest BCUT2D eigenvalue weighted by molar-refractivity contribution is -0.217. The molecule has 164 valence electrons. The number of carbonyl (C=O) groups excluding carboxylic acids is 2. The van der Waals surface area contributed by atoms with Crippen LogP contribution in [0.15, 0.2) is 34.7 Å².